The molecule has 210 valence electrons. The average molecular weight is 540 g/mol. The smallest absolute Gasteiger partial charge is 0.328 e. The van der Waals surface area contributed by atoms with Gasteiger partial charge in [0.05, 0.1) is 23.6 Å². The third-order valence-electron chi connectivity index (χ3n) is 6.76. The summed E-state index contributed by atoms with van der Waals surface area (Å²) in [6, 6.07) is 11.7. The number of hydrogen-bond donors (Lipinski definition) is 5. The van der Waals surface area contributed by atoms with Gasteiger partial charge in [0.2, 0.25) is 11.8 Å². The molecule has 5 N–H and O–H groups in total. The summed E-state index contributed by atoms with van der Waals surface area (Å²) in [6.45, 7) is 6.75. The van der Waals surface area contributed by atoms with Crippen molar-refractivity contribution in [2.45, 2.75) is 70.9 Å². The molecule has 0 bridgehead atoms. The van der Waals surface area contributed by atoms with Crippen molar-refractivity contribution in [2.24, 2.45) is 11.8 Å². The maximum absolute atomic E-state index is 13.6. The van der Waals surface area contributed by atoms with Crippen molar-refractivity contribution in [3.05, 3.63) is 65.7 Å². The SMILES string of the molecule is CC(C)CC1NC(=O)C(C)C(O)C(Cc2ccccc2)NC(=O)C(NC(=O)c2ccccc2O)C(C)OC1=O. The van der Waals surface area contributed by atoms with E-state index in [1.54, 1.807) is 12.1 Å². The van der Waals surface area contributed by atoms with Gasteiger partial charge in [-0.1, -0.05) is 63.2 Å². The van der Waals surface area contributed by atoms with Crippen LogP contribution in [0.1, 0.15) is 50.0 Å². The highest BCUT2D eigenvalue weighted by atomic mass is 16.5. The first-order valence-corrected chi connectivity index (χ1v) is 13.1. The molecular weight excluding hydrogens is 502 g/mol. The third-order valence-corrected chi connectivity index (χ3v) is 6.76. The van der Waals surface area contributed by atoms with Gasteiger partial charge >= 0.3 is 5.97 Å². The van der Waals surface area contributed by atoms with Crippen LogP contribution in [0.3, 0.4) is 0 Å². The van der Waals surface area contributed by atoms with Gasteiger partial charge in [-0.05, 0) is 43.4 Å². The van der Waals surface area contributed by atoms with Gasteiger partial charge in [0, 0.05) is 0 Å². The number of hydrogen-bond acceptors (Lipinski definition) is 7. The van der Waals surface area contributed by atoms with Crippen LogP contribution >= 0.6 is 0 Å². The molecule has 0 saturated carbocycles. The van der Waals surface area contributed by atoms with Gasteiger partial charge in [0.1, 0.15) is 23.9 Å². The van der Waals surface area contributed by atoms with Gasteiger partial charge in [-0.15, -0.1) is 0 Å². The van der Waals surface area contributed by atoms with Gasteiger partial charge in [-0.25, -0.2) is 4.79 Å². The van der Waals surface area contributed by atoms with E-state index in [4.69, 9.17) is 4.74 Å². The fourth-order valence-corrected chi connectivity index (χ4v) is 4.50. The number of esters is 1. The van der Waals surface area contributed by atoms with Gasteiger partial charge < -0.3 is 30.9 Å². The van der Waals surface area contributed by atoms with Gasteiger partial charge in [-0.2, -0.15) is 0 Å². The van der Waals surface area contributed by atoms with Crippen LogP contribution in [-0.2, 0) is 25.5 Å². The number of benzene rings is 2. The molecule has 0 aromatic heterocycles. The summed E-state index contributed by atoms with van der Waals surface area (Å²) < 4.78 is 5.60. The first-order valence-electron chi connectivity index (χ1n) is 13.1. The predicted molar refractivity (Wildman–Crippen MR) is 144 cm³/mol. The summed E-state index contributed by atoms with van der Waals surface area (Å²) in [7, 11) is 0. The summed E-state index contributed by atoms with van der Waals surface area (Å²) in [5, 5.41) is 29.4. The number of carbonyl (C=O) groups is 4. The van der Waals surface area contributed by atoms with Crippen molar-refractivity contribution < 1.29 is 34.1 Å². The lowest BCUT2D eigenvalue weighted by atomic mass is 9.91. The lowest BCUT2D eigenvalue weighted by molar-refractivity contribution is -0.156. The normalized spacial score (nSPS) is 26.5. The van der Waals surface area contributed by atoms with Crippen LogP contribution in [0.15, 0.2) is 54.6 Å². The Bertz CT molecular complexity index is 1170. The maximum atomic E-state index is 13.6. The second-order valence-electron chi connectivity index (χ2n) is 10.4. The van der Waals surface area contributed by atoms with Gasteiger partial charge in [-0.3, -0.25) is 14.4 Å². The van der Waals surface area contributed by atoms with E-state index in [1.807, 2.05) is 44.2 Å². The van der Waals surface area contributed by atoms with Crippen LogP contribution in [0.5, 0.6) is 5.75 Å². The number of phenolic OH excluding ortho intramolecular Hbond substituents is 1. The number of cyclic esters (lactones) is 1. The molecular formula is C29H37N3O7. The van der Waals surface area contributed by atoms with Crippen molar-refractivity contribution >= 4 is 23.7 Å². The number of para-hydroxylation sites is 1. The van der Waals surface area contributed by atoms with Crippen molar-refractivity contribution in [3.63, 3.8) is 0 Å². The Labute approximate surface area is 228 Å². The Morgan fingerprint density at radius 3 is 2.26 bits per heavy atom. The molecule has 10 nitrogen and oxygen atoms in total. The van der Waals surface area contributed by atoms with Gasteiger partial charge in [0.25, 0.3) is 5.91 Å². The molecule has 1 aliphatic rings. The number of amides is 3. The minimum Gasteiger partial charge on any atom is -0.507 e. The molecule has 6 atom stereocenters. The number of ether oxygens (including phenoxy) is 1. The number of aliphatic hydroxyl groups excluding tert-OH is 1. The maximum Gasteiger partial charge on any atom is 0.328 e. The number of rotatable bonds is 6. The average Bonchev–Trinajstić information content (AvgIpc) is 2.89. The van der Waals surface area contributed by atoms with Gasteiger partial charge in [0.15, 0.2) is 0 Å². The fraction of sp³-hybridized carbons (Fsp3) is 0.448. The number of phenols is 1. The monoisotopic (exact) mass is 539 g/mol. The minimum atomic E-state index is -1.36. The Balaban J connectivity index is 1.99. The molecule has 3 amide bonds. The first kappa shape index (κ1) is 29.6. The van der Waals surface area contributed by atoms with E-state index in [0.29, 0.717) is 0 Å². The van der Waals surface area contributed by atoms with E-state index in [-0.39, 0.29) is 30.1 Å². The zero-order chi connectivity index (χ0) is 28.7. The summed E-state index contributed by atoms with van der Waals surface area (Å²) >= 11 is 0. The molecule has 6 unspecified atom stereocenters. The summed E-state index contributed by atoms with van der Waals surface area (Å²) in [4.78, 5) is 52.8. The molecule has 0 radical (unpaired) electrons. The Morgan fingerprint density at radius 2 is 1.62 bits per heavy atom. The van der Waals surface area contributed by atoms with E-state index in [0.717, 1.165) is 5.56 Å². The predicted octanol–water partition coefficient (Wildman–Crippen LogP) is 1.69. The van der Waals surface area contributed by atoms with Crippen molar-refractivity contribution in [1.29, 1.82) is 0 Å². The molecule has 10 heteroatoms. The number of carbonyl (C=O) groups excluding carboxylic acids is 4. The molecule has 1 heterocycles. The minimum absolute atomic E-state index is 0.0250. The summed E-state index contributed by atoms with van der Waals surface area (Å²) in [5.74, 6) is -4.00. The largest absolute Gasteiger partial charge is 0.507 e. The highest BCUT2D eigenvalue weighted by Crippen LogP contribution is 2.19. The number of aromatic hydroxyl groups is 1. The van der Waals surface area contributed by atoms with Crippen LogP contribution in [0, 0.1) is 11.8 Å². The molecule has 1 aliphatic heterocycles. The Kier molecular flexibility index (Phi) is 10.1. The Hall–Kier alpha value is -3.92. The lowest BCUT2D eigenvalue weighted by Gasteiger charge is -2.33. The summed E-state index contributed by atoms with van der Waals surface area (Å²) in [5.41, 5.74) is 0.753. The molecule has 1 fully saturated rings. The van der Waals surface area contributed by atoms with Crippen LogP contribution < -0.4 is 16.0 Å². The highest BCUT2D eigenvalue weighted by Gasteiger charge is 2.39. The second kappa shape index (κ2) is 13.2. The zero-order valence-electron chi connectivity index (χ0n) is 22.6. The quantitative estimate of drug-likeness (QED) is 0.350. The zero-order valence-corrected chi connectivity index (χ0v) is 22.6. The number of aliphatic hydroxyl groups is 1. The molecule has 0 spiro atoms. The van der Waals surface area contributed by atoms with Crippen LogP contribution in [0.2, 0.25) is 0 Å². The van der Waals surface area contributed by atoms with E-state index in [1.165, 1.54) is 26.0 Å². The molecule has 2 aromatic rings. The van der Waals surface area contributed by atoms with E-state index in [9.17, 15) is 29.4 Å². The van der Waals surface area contributed by atoms with Crippen LogP contribution in [0.25, 0.3) is 0 Å². The van der Waals surface area contributed by atoms with Crippen molar-refractivity contribution in [3.8, 4) is 5.75 Å². The Morgan fingerprint density at radius 1 is 0.974 bits per heavy atom. The van der Waals surface area contributed by atoms with E-state index in [2.05, 4.69) is 16.0 Å². The second-order valence-corrected chi connectivity index (χ2v) is 10.4. The standard InChI is InChI=1S/C29H37N3O7/c1-16(2)14-22-29(38)39-18(4)24(32-27(36)20-12-8-9-13-23(20)33)28(37)30-21(15-19-10-6-5-7-11-19)25(34)17(3)26(35)31-22/h5-13,16-18,21-22,24-25,33-34H,14-15H2,1-4H3,(H,30,37)(H,31,35)(H,32,36). The highest BCUT2D eigenvalue weighted by molar-refractivity contribution is 6.00. The molecule has 3 rings (SSSR count). The summed E-state index contributed by atoms with van der Waals surface area (Å²) in [6.07, 6.45) is -1.98. The lowest BCUT2D eigenvalue weighted by Crippen LogP contribution is -2.60. The van der Waals surface area contributed by atoms with Crippen molar-refractivity contribution in [1.82, 2.24) is 16.0 Å². The molecule has 39 heavy (non-hydrogen) atoms. The van der Waals surface area contributed by atoms with Crippen molar-refractivity contribution in [2.75, 3.05) is 0 Å². The van der Waals surface area contributed by atoms with Crippen LogP contribution in [0.4, 0.5) is 0 Å². The molecule has 0 aliphatic carbocycles. The number of nitrogens with one attached hydrogen (secondary N) is 3. The fourth-order valence-electron chi connectivity index (χ4n) is 4.50. The molecule has 1 saturated heterocycles. The first-order chi connectivity index (χ1) is 18.5. The molecule has 2 aromatic carbocycles. The van der Waals surface area contributed by atoms with E-state index >= 15 is 0 Å². The van der Waals surface area contributed by atoms with E-state index < -0.39 is 59.9 Å². The topological polar surface area (TPSA) is 154 Å². The third kappa shape index (κ3) is 7.79. The van der Waals surface area contributed by atoms with Crippen LogP contribution in [-0.4, -0.2) is 64.2 Å².